The maximum atomic E-state index is 12.6. The number of aromatic nitrogens is 3. The normalized spacial score (nSPS) is 18.2. The molecular weight excluding hydrogens is 257 g/mol. The van der Waals surface area contributed by atoms with E-state index in [2.05, 4.69) is 10.1 Å². The van der Waals surface area contributed by atoms with E-state index >= 15 is 0 Å². The molecule has 3 heterocycles. The maximum Gasteiger partial charge on any atom is 0.391 e. The first kappa shape index (κ1) is 12.3. The van der Waals surface area contributed by atoms with E-state index in [9.17, 15) is 13.2 Å². The monoisotopic (exact) mass is 270 g/mol. The van der Waals surface area contributed by atoms with Gasteiger partial charge in [-0.25, -0.2) is 9.50 Å². The van der Waals surface area contributed by atoms with Gasteiger partial charge in [0.25, 0.3) is 0 Å². The van der Waals surface area contributed by atoms with Gasteiger partial charge >= 0.3 is 6.18 Å². The van der Waals surface area contributed by atoms with E-state index in [4.69, 9.17) is 0 Å². The molecule has 102 valence electrons. The van der Waals surface area contributed by atoms with Gasteiger partial charge in [0.2, 0.25) is 0 Å². The van der Waals surface area contributed by atoms with Crippen molar-refractivity contribution in [3.05, 3.63) is 24.7 Å². The molecule has 2 aromatic heterocycles. The Hall–Kier alpha value is -1.79. The number of piperidine rings is 1. The van der Waals surface area contributed by atoms with Crippen LogP contribution < -0.4 is 4.90 Å². The van der Waals surface area contributed by atoms with Gasteiger partial charge in [0, 0.05) is 25.5 Å². The molecule has 1 aliphatic heterocycles. The maximum absolute atomic E-state index is 12.6. The van der Waals surface area contributed by atoms with Gasteiger partial charge in [-0.15, -0.1) is 0 Å². The molecule has 3 rings (SSSR count). The summed E-state index contributed by atoms with van der Waals surface area (Å²) in [6, 6.07) is 1.82. The summed E-state index contributed by atoms with van der Waals surface area (Å²) in [5.74, 6) is -0.478. The molecule has 0 saturated carbocycles. The predicted molar refractivity (Wildman–Crippen MR) is 64.0 cm³/mol. The van der Waals surface area contributed by atoms with E-state index in [1.54, 1.807) is 23.1 Å². The van der Waals surface area contributed by atoms with Crippen molar-refractivity contribution in [2.24, 2.45) is 5.92 Å². The summed E-state index contributed by atoms with van der Waals surface area (Å²) in [6.07, 6.45) is 1.17. The van der Waals surface area contributed by atoms with Gasteiger partial charge in [-0.2, -0.15) is 18.3 Å². The molecule has 0 aromatic carbocycles. The lowest BCUT2D eigenvalue weighted by Crippen LogP contribution is -2.39. The Labute approximate surface area is 107 Å². The standard InChI is InChI=1S/C12H13F3N4/c13-12(14,15)9-2-6-18(7-3-9)11-10-1-4-17-19(10)8-5-16-11/h1,4-5,8-9H,2-3,6-7H2. The Kier molecular flexibility index (Phi) is 2.83. The summed E-state index contributed by atoms with van der Waals surface area (Å²) in [4.78, 5) is 6.18. The van der Waals surface area contributed by atoms with Crippen molar-refractivity contribution < 1.29 is 13.2 Å². The highest BCUT2D eigenvalue weighted by molar-refractivity contribution is 5.68. The van der Waals surface area contributed by atoms with Crippen LogP contribution in [0, 0.1) is 5.92 Å². The first-order chi connectivity index (χ1) is 9.05. The number of anilines is 1. The zero-order valence-corrected chi connectivity index (χ0v) is 10.1. The molecule has 0 bridgehead atoms. The molecule has 1 aliphatic rings. The van der Waals surface area contributed by atoms with Crippen molar-refractivity contribution in [3.8, 4) is 0 Å². The quantitative estimate of drug-likeness (QED) is 0.798. The molecule has 0 unspecified atom stereocenters. The van der Waals surface area contributed by atoms with Crippen molar-refractivity contribution in [1.29, 1.82) is 0 Å². The minimum Gasteiger partial charge on any atom is -0.355 e. The van der Waals surface area contributed by atoms with Crippen molar-refractivity contribution in [2.45, 2.75) is 19.0 Å². The number of alkyl halides is 3. The van der Waals surface area contributed by atoms with Crippen LogP contribution in [-0.4, -0.2) is 33.9 Å². The van der Waals surface area contributed by atoms with Crippen LogP contribution >= 0.6 is 0 Å². The Bertz CT molecular complexity index is 570. The number of hydrogen-bond acceptors (Lipinski definition) is 3. The fourth-order valence-electron chi connectivity index (χ4n) is 2.51. The summed E-state index contributed by atoms with van der Waals surface area (Å²) in [7, 11) is 0. The van der Waals surface area contributed by atoms with Gasteiger partial charge in [-0.1, -0.05) is 0 Å². The highest BCUT2D eigenvalue weighted by Gasteiger charge is 2.41. The highest BCUT2D eigenvalue weighted by atomic mass is 19.4. The van der Waals surface area contributed by atoms with Crippen LogP contribution in [0.1, 0.15) is 12.8 Å². The van der Waals surface area contributed by atoms with Crippen molar-refractivity contribution in [3.63, 3.8) is 0 Å². The van der Waals surface area contributed by atoms with E-state index in [0.717, 1.165) is 5.52 Å². The Morgan fingerprint density at radius 3 is 2.58 bits per heavy atom. The molecule has 0 N–H and O–H groups in total. The van der Waals surface area contributed by atoms with Gasteiger partial charge < -0.3 is 4.90 Å². The molecular formula is C12H13F3N4. The van der Waals surface area contributed by atoms with E-state index in [1.165, 1.54) is 0 Å². The summed E-state index contributed by atoms with van der Waals surface area (Å²) in [5.41, 5.74) is 0.827. The molecule has 0 spiro atoms. The molecule has 0 aliphatic carbocycles. The Morgan fingerprint density at radius 2 is 1.89 bits per heavy atom. The highest BCUT2D eigenvalue weighted by Crippen LogP contribution is 2.35. The minimum atomic E-state index is -4.08. The van der Waals surface area contributed by atoms with Crippen molar-refractivity contribution in [2.75, 3.05) is 18.0 Å². The van der Waals surface area contributed by atoms with E-state index in [-0.39, 0.29) is 12.8 Å². The van der Waals surface area contributed by atoms with Crippen molar-refractivity contribution in [1.82, 2.24) is 14.6 Å². The van der Waals surface area contributed by atoms with Crippen LogP contribution in [-0.2, 0) is 0 Å². The summed E-state index contributed by atoms with van der Waals surface area (Å²) in [6.45, 7) is 0.754. The van der Waals surface area contributed by atoms with E-state index < -0.39 is 12.1 Å². The molecule has 1 saturated heterocycles. The molecule has 0 amide bonds. The average Bonchev–Trinajstić information content (AvgIpc) is 2.86. The smallest absolute Gasteiger partial charge is 0.355 e. The third-order valence-corrected chi connectivity index (χ3v) is 3.56. The molecule has 19 heavy (non-hydrogen) atoms. The fraction of sp³-hybridized carbons (Fsp3) is 0.500. The van der Waals surface area contributed by atoms with Gasteiger partial charge in [0.15, 0.2) is 5.82 Å². The minimum absolute atomic E-state index is 0.125. The molecule has 0 radical (unpaired) electrons. The topological polar surface area (TPSA) is 33.4 Å². The lowest BCUT2D eigenvalue weighted by atomic mass is 9.96. The van der Waals surface area contributed by atoms with Gasteiger partial charge in [-0.05, 0) is 18.9 Å². The molecule has 1 fully saturated rings. The number of halogens is 3. The summed E-state index contributed by atoms with van der Waals surface area (Å²) < 4.78 is 39.6. The van der Waals surface area contributed by atoms with Crippen LogP contribution in [0.3, 0.4) is 0 Å². The van der Waals surface area contributed by atoms with E-state index in [1.807, 2.05) is 11.0 Å². The van der Waals surface area contributed by atoms with Crippen LogP contribution in [0.2, 0.25) is 0 Å². The van der Waals surface area contributed by atoms with Crippen molar-refractivity contribution >= 4 is 11.3 Å². The van der Waals surface area contributed by atoms with Gasteiger partial charge in [0.05, 0.1) is 12.1 Å². The molecule has 2 aromatic rings. The second kappa shape index (κ2) is 4.40. The second-order valence-corrected chi connectivity index (χ2v) is 4.71. The average molecular weight is 270 g/mol. The van der Waals surface area contributed by atoms with Crippen LogP contribution in [0.4, 0.5) is 19.0 Å². The third kappa shape index (κ3) is 2.24. The zero-order chi connectivity index (χ0) is 13.5. The van der Waals surface area contributed by atoms with Gasteiger partial charge in [-0.3, -0.25) is 0 Å². The Morgan fingerprint density at radius 1 is 1.16 bits per heavy atom. The zero-order valence-electron chi connectivity index (χ0n) is 10.1. The molecule has 4 nitrogen and oxygen atoms in total. The SMILES string of the molecule is FC(F)(F)C1CCN(c2nccn3nccc23)CC1. The third-order valence-electron chi connectivity index (χ3n) is 3.56. The summed E-state index contributed by atoms with van der Waals surface area (Å²) in [5, 5.41) is 4.10. The Balaban J connectivity index is 1.80. The first-order valence-electron chi connectivity index (χ1n) is 6.16. The lowest BCUT2D eigenvalue weighted by Gasteiger charge is -2.33. The van der Waals surface area contributed by atoms with Crippen LogP contribution in [0.5, 0.6) is 0 Å². The molecule has 7 heteroatoms. The molecule has 0 atom stereocenters. The largest absolute Gasteiger partial charge is 0.391 e. The lowest BCUT2D eigenvalue weighted by molar-refractivity contribution is -0.179. The number of nitrogens with zero attached hydrogens (tertiary/aromatic N) is 4. The van der Waals surface area contributed by atoms with Crippen LogP contribution in [0.25, 0.3) is 5.52 Å². The number of rotatable bonds is 1. The van der Waals surface area contributed by atoms with Gasteiger partial charge in [0.1, 0.15) is 5.52 Å². The number of hydrogen-bond donors (Lipinski definition) is 0. The fourth-order valence-corrected chi connectivity index (χ4v) is 2.51. The van der Waals surface area contributed by atoms with Crippen LogP contribution in [0.15, 0.2) is 24.7 Å². The predicted octanol–water partition coefficient (Wildman–Crippen LogP) is 2.51. The first-order valence-corrected chi connectivity index (χ1v) is 6.16. The number of fused-ring (bicyclic) bond motifs is 1. The van der Waals surface area contributed by atoms with E-state index in [0.29, 0.717) is 18.9 Å². The second-order valence-electron chi connectivity index (χ2n) is 4.71. The summed E-state index contributed by atoms with van der Waals surface area (Å²) >= 11 is 0.